The van der Waals surface area contributed by atoms with E-state index in [2.05, 4.69) is 20.4 Å². The van der Waals surface area contributed by atoms with Crippen LogP contribution in [0.3, 0.4) is 0 Å². The Labute approximate surface area is 214 Å². The molecule has 0 unspecified atom stereocenters. The highest BCUT2D eigenvalue weighted by Gasteiger charge is 2.17. The minimum absolute atomic E-state index is 0.147. The number of methoxy groups -OCH3 is 2. The van der Waals surface area contributed by atoms with Crippen molar-refractivity contribution in [3.8, 4) is 22.8 Å². The first kappa shape index (κ1) is 24.0. The lowest BCUT2D eigenvalue weighted by molar-refractivity contribution is 0.0950. The Morgan fingerprint density at radius 3 is 2.38 bits per heavy atom. The maximum atomic E-state index is 13.0. The summed E-state index contributed by atoms with van der Waals surface area (Å²) in [7, 11) is 5.06. The van der Waals surface area contributed by atoms with Gasteiger partial charge in [-0.3, -0.25) is 9.48 Å². The number of fused-ring (bicyclic) bond motifs is 1. The van der Waals surface area contributed by atoms with E-state index in [-0.39, 0.29) is 5.91 Å². The van der Waals surface area contributed by atoms with Crippen LogP contribution in [0.4, 0.5) is 0 Å². The number of aromatic nitrogens is 4. The molecule has 2 aromatic heterocycles. The van der Waals surface area contributed by atoms with Gasteiger partial charge in [0.25, 0.3) is 5.91 Å². The highest BCUT2D eigenvalue weighted by atomic mass is 16.5. The van der Waals surface area contributed by atoms with E-state index < -0.39 is 0 Å². The predicted molar refractivity (Wildman–Crippen MR) is 142 cm³/mol. The van der Waals surface area contributed by atoms with Crippen molar-refractivity contribution in [2.75, 3.05) is 14.2 Å². The lowest BCUT2D eigenvalue weighted by Crippen LogP contribution is -2.24. The third-order valence-corrected chi connectivity index (χ3v) is 6.34. The van der Waals surface area contributed by atoms with E-state index in [1.54, 1.807) is 31.4 Å². The first-order valence-corrected chi connectivity index (χ1v) is 11.9. The number of ether oxygens (including phenoxy) is 2. The lowest BCUT2D eigenvalue weighted by atomic mass is 10.0. The summed E-state index contributed by atoms with van der Waals surface area (Å²) in [5.74, 6) is 1.09. The van der Waals surface area contributed by atoms with E-state index in [9.17, 15) is 4.79 Å². The number of benzene rings is 3. The van der Waals surface area contributed by atoms with Crippen LogP contribution in [0, 0.1) is 0 Å². The molecule has 0 fully saturated rings. The number of amides is 1. The van der Waals surface area contributed by atoms with Crippen LogP contribution in [-0.2, 0) is 20.0 Å². The maximum Gasteiger partial charge on any atom is 0.255 e. The molecule has 37 heavy (non-hydrogen) atoms. The van der Waals surface area contributed by atoms with Crippen LogP contribution in [-0.4, -0.2) is 39.9 Å². The second-order valence-corrected chi connectivity index (χ2v) is 8.62. The zero-order valence-electron chi connectivity index (χ0n) is 20.9. The van der Waals surface area contributed by atoms with Crippen molar-refractivity contribution in [3.63, 3.8) is 0 Å². The topological polar surface area (TPSA) is 91.2 Å². The molecule has 8 nitrogen and oxygen atoms in total. The molecular formula is C29H27N5O3. The quantitative estimate of drug-likeness (QED) is 0.341. The van der Waals surface area contributed by atoms with Crippen molar-refractivity contribution in [3.05, 3.63) is 102 Å². The molecule has 0 saturated heterocycles. The van der Waals surface area contributed by atoms with Crippen LogP contribution < -0.4 is 14.8 Å². The Morgan fingerprint density at radius 2 is 1.65 bits per heavy atom. The second-order valence-electron chi connectivity index (χ2n) is 8.62. The standard InChI is InChI=1S/C29H27N5O3/c1-34-25(13-19-7-5-4-6-8-19)23(17-33-34)29(35)30-16-20-9-11-21(12-10-20)28-22-14-26(36-2)27(37-3)15-24(22)31-18-32-28/h4-12,14-15,17-18H,13,16H2,1-3H3,(H,30,35). The minimum Gasteiger partial charge on any atom is -0.493 e. The van der Waals surface area contributed by atoms with Gasteiger partial charge in [0.15, 0.2) is 11.5 Å². The van der Waals surface area contributed by atoms with E-state index in [4.69, 9.17) is 9.47 Å². The number of hydrogen-bond donors (Lipinski definition) is 1. The van der Waals surface area contributed by atoms with Gasteiger partial charge in [-0.25, -0.2) is 9.97 Å². The van der Waals surface area contributed by atoms with Gasteiger partial charge in [0.05, 0.1) is 42.9 Å². The summed E-state index contributed by atoms with van der Waals surface area (Å²) in [5, 5.41) is 8.20. The van der Waals surface area contributed by atoms with Crippen LogP contribution in [0.25, 0.3) is 22.2 Å². The average Bonchev–Trinajstić information content (AvgIpc) is 3.31. The molecule has 0 atom stereocenters. The molecule has 3 aromatic carbocycles. The number of rotatable bonds is 8. The maximum absolute atomic E-state index is 13.0. The molecule has 5 aromatic rings. The largest absolute Gasteiger partial charge is 0.493 e. The molecule has 186 valence electrons. The Hall–Kier alpha value is -4.72. The van der Waals surface area contributed by atoms with Crippen molar-refractivity contribution in [1.82, 2.24) is 25.1 Å². The molecule has 0 aliphatic carbocycles. The van der Waals surface area contributed by atoms with Gasteiger partial charge in [-0.15, -0.1) is 0 Å². The molecule has 0 radical (unpaired) electrons. The molecule has 0 spiro atoms. The zero-order chi connectivity index (χ0) is 25.8. The van der Waals surface area contributed by atoms with Crippen LogP contribution in [0.2, 0.25) is 0 Å². The van der Waals surface area contributed by atoms with E-state index in [0.29, 0.717) is 30.0 Å². The highest BCUT2D eigenvalue weighted by molar-refractivity contribution is 5.95. The van der Waals surface area contributed by atoms with Crippen molar-refractivity contribution in [2.24, 2.45) is 7.05 Å². The van der Waals surface area contributed by atoms with Gasteiger partial charge < -0.3 is 14.8 Å². The molecule has 2 heterocycles. The first-order valence-electron chi connectivity index (χ1n) is 11.9. The Morgan fingerprint density at radius 1 is 0.919 bits per heavy atom. The summed E-state index contributed by atoms with van der Waals surface area (Å²) in [4.78, 5) is 21.9. The molecule has 5 rings (SSSR count). The molecule has 1 amide bonds. The number of nitrogens with zero attached hydrogens (tertiary/aromatic N) is 4. The average molecular weight is 494 g/mol. The SMILES string of the molecule is COc1cc2ncnc(-c3ccc(CNC(=O)c4cnn(C)c4Cc4ccccc4)cc3)c2cc1OC. The van der Waals surface area contributed by atoms with Crippen molar-refractivity contribution < 1.29 is 14.3 Å². The van der Waals surface area contributed by atoms with E-state index in [0.717, 1.165) is 39.0 Å². The first-order chi connectivity index (χ1) is 18.1. The normalized spacial score (nSPS) is 10.9. The van der Waals surface area contributed by atoms with Crippen LogP contribution in [0.1, 0.15) is 27.2 Å². The molecule has 0 aliphatic heterocycles. The zero-order valence-corrected chi connectivity index (χ0v) is 20.9. The Balaban J connectivity index is 1.32. The van der Waals surface area contributed by atoms with Gasteiger partial charge in [0.1, 0.15) is 6.33 Å². The van der Waals surface area contributed by atoms with E-state index >= 15 is 0 Å². The summed E-state index contributed by atoms with van der Waals surface area (Å²) < 4.78 is 12.6. The smallest absolute Gasteiger partial charge is 0.255 e. The van der Waals surface area contributed by atoms with Crippen molar-refractivity contribution in [1.29, 1.82) is 0 Å². The van der Waals surface area contributed by atoms with E-state index in [1.165, 1.54) is 0 Å². The molecular weight excluding hydrogens is 466 g/mol. The number of aryl methyl sites for hydroxylation is 1. The molecule has 0 aliphatic rings. The lowest BCUT2D eigenvalue weighted by Gasteiger charge is -2.11. The monoisotopic (exact) mass is 493 g/mol. The fraction of sp³-hybridized carbons (Fsp3) is 0.172. The van der Waals surface area contributed by atoms with Gasteiger partial charge in [-0.1, -0.05) is 54.6 Å². The van der Waals surface area contributed by atoms with Gasteiger partial charge in [-0.2, -0.15) is 5.10 Å². The minimum atomic E-state index is -0.147. The van der Waals surface area contributed by atoms with Gasteiger partial charge in [0, 0.05) is 37.0 Å². The van der Waals surface area contributed by atoms with Crippen LogP contribution in [0.15, 0.2) is 79.3 Å². The van der Waals surface area contributed by atoms with Crippen molar-refractivity contribution in [2.45, 2.75) is 13.0 Å². The molecule has 0 bridgehead atoms. The van der Waals surface area contributed by atoms with Crippen LogP contribution in [0.5, 0.6) is 11.5 Å². The number of carbonyl (C=O) groups excluding carboxylic acids is 1. The summed E-state index contributed by atoms with van der Waals surface area (Å²) in [5.41, 5.74) is 6.06. The number of hydrogen-bond acceptors (Lipinski definition) is 6. The third-order valence-electron chi connectivity index (χ3n) is 6.34. The van der Waals surface area contributed by atoms with Crippen molar-refractivity contribution >= 4 is 16.8 Å². The Kier molecular flexibility index (Phi) is 6.81. The molecule has 0 saturated carbocycles. The fourth-order valence-corrected chi connectivity index (χ4v) is 4.32. The van der Waals surface area contributed by atoms with Gasteiger partial charge >= 0.3 is 0 Å². The highest BCUT2D eigenvalue weighted by Crippen LogP contribution is 2.35. The number of carbonyl (C=O) groups is 1. The number of nitrogens with one attached hydrogen (secondary N) is 1. The van der Waals surface area contributed by atoms with E-state index in [1.807, 2.05) is 73.8 Å². The summed E-state index contributed by atoms with van der Waals surface area (Å²) in [6.07, 6.45) is 3.80. The summed E-state index contributed by atoms with van der Waals surface area (Å²) >= 11 is 0. The van der Waals surface area contributed by atoms with Crippen LogP contribution >= 0.6 is 0 Å². The molecule has 8 heteroatoms. The Bertz CT molecular complexity index is 1550. The second kappa shape index (κ2) is 10.5. The fourth-order valence-electron chi connectivity index (χ4n) is 4.32. The predicted octanol–water partition coefficient (Wildman–Crippen LogP) is 4.57. The summed E-state index contributed by atoms with van der Waals surface area (Å²) in [6.45, 7) is 0.397. The summed E-state index contributed by atoms with van der Waals surface area (Å²) in [6, 6.07) is 21.7. The van der Waals surface area contributed by atoms with Gasteiger partial charge in [-0.05, 0) is 17.2 Å². The van der Waals surface area contributed by atoms with Gasteiger partial charge in [0.2, 0.25) is 0 Å². The third kappa shape index (κ3) is 4.99. The molecule has 1 N–H and O–H groups in total.